The van der Waals surface area contributed by atoms with Crippen LogP contribution in [0.3, 0.4) is 0 Å². The van der Waals surface area contributed by atoms with Gasteiger partial charge >= 0.3 is 6.18 Å². The predicted octanol–water partition coefficient (Wildman–Crippen LogP) is 2.26. The second kappa shape index (κ2) is 6.28. The summed E-state index contributed by atoms with van der Waals surface area (Å²) in [6, 6.07) is 9.01. The van der Waals surface area contributed by atoms with Crippen LogP contribution in [0.1, 0.15) is 5.69 Å². The van der Waals surface area contributed by atoms with Crippen molar-refractivity contribution in [3.8, 4) is 5.75 Å². The van der Waals surface area contributed by atoms with Crippen molar-refractivity contribution in [2.24, 2.45) is 0 Å². The third-order valence-corrected chi connectivity index (χ3v) is 2.98. The molecule has 0 spiro atoms. The number of nitrogens with zero attached hydrogens (tertiary/aromatic N) is 1. The van der Waals surface area contributed by atoms with E-state index in [0.717, 1.165) is 5.39 Å². The van der Waals surface area contributed by atoms with Gasteiger partial charge in [0.15, 0.2) is 6.10 Å². The number of pyridine rings is 1. The van der Waals surface area contributed by atoms with Crippen molar-refractivity contribution in [1.29, 1.82) is 0 Å². The van der Waals surface area contributed by atoms with Gasteiger partial charge in [-0.3, -0.25) is 0 Å². The number of halogens is 3. The summed E-state index contributed by atoms with van der Waals surface area (Å²) >= 11 is 0. The van der Waals surface area contributed by atoms with Crippen LogP contribution in [0, 0.1) is 0 Å². The highest BCUT2D eigenvalue weighted by Crippen LogP contribution is 2.23. The molecule has 7 heteroatoms. The Bertz CT molecular complexity index is 617. The molecule has 1 unspecified atom stereocenters. The normalized spacial score (nSPS) is 13.4. The number of fused-ring (bicyclic) bond motifs is 1. The maximum absolute atomic E-state index is 12.2. The number of aliphatic hydroxyl groups is 1. The van der Waals surface area contributed by atoms with Crippen molar-refractivity contribution in [3.63, 3.8) is 0 Å². The van der Waals surface area contributed by atoms with Gasteiger partial charge in [-0.2, -0.15) is 13.2 Å². The SMILES string of the molecule is COc1cccc2ccc(CNCC(O)C(F)(F)F)nc12. The highest BCUT2D eigenvalue weighted by molar-refractivity contribution is 5.84. The van der Waals surface area contributed by atoms with E-state index in [0.29, 0.717) is 17.0 Å². The Balaban J connectivity index is 2.06. The number of ether oxygens (including phenoxy) is 1. The van der Waals surface area contributed by atoms with Crippen LogP contribution in [0.4, 0.5) is 13.2 Å². The highest BCUT2D eigenvalue weighted by Gasteiger charge is 2.37. The zero-order valence-electron chi connectivity index (χ0n) is 11.3. The first-order valence-corrected chi connectivity index (χ1v) is 6.30. The molecule has 21 heavy (non-hydrogen) atoms. The van der Waals surface area contributed by atoms with Crippen molar-refractivity contribution in [2.45, 2.75) is 18.8 Å². The van der Waals surface area contributed by atoms with Crippen LogP contribution in [-0.4, -0.2) is 36.0 Å². The summed E-state index contributed by atoms with van der Waals surface area (Å²) in [5.41, 5.74) is 1.22. The maximum Gasteiger partial charge on any atom is 0.415 e. The lowest BCUT2D eigenvalue weighted by Gasteiger charge is -2.15. The van der Waals surface area contributed by atoms with Gasteiger partial charge in [0.1, 0.15) is 11.3 Å². The molecule has 1 atom stereocenters. The van der Waals surface area contributed by atoms with E-state index in [2.05, 4.69) is 10.3 Å². The van der Waals surface area contributed by atoms with Gasteiger partial charge in [0, 0.05) is 18.5 Å². The average Bonchev–Trinajstić information content (AvgIpc) is 2.45. The Kier molecular flexibility index (Phi) is 4.64. The van der Waals surface area contributed by atoms with Crippen LogP contribution in [0.15, 0.2) is 30.3 Å². The van der Waals surface area contributed by atoms with Crippen molar-refractivity contribution in [2.75, 3.05) is 13.7 Å². The lowest BCUT2D eigenvalue weighted by atomic mass is 10.2. The number of aromatic nitrogens is 1. The standard InChI is InChI=1S/C14H15F3N2O2/c1-21-11-4-2-3-9-5-6-10(19-13(9)11)7-18-8-12(20)14(15,16)17/h2-6,12,18,20H,7-8H2,1H3. The zero-order valence-corrected chi connectivity index (χ0v) is 11.3. The second-order valence-electron chi connectivity index (χ2n) is 4.52. The molecule has 2 rings (SSSR count). The van der Waals surface area contributed by atoms with E-state index in [-0.39, 0.29) is 6.54 Å². The van der Waals surface area contributed by atoms with Gasteiger partial charge in [-0.25, -0.2) is 4.98 Å². The molecule has 114 valence electrons. The molecular formula is C14H15F3N2O2. The van der Waals surface area contributed by atoms with Gasteiger partial charge in [0.2, 0.25) is 0 Å². The smallest absolute Gasteiger partial charge is 0.415 e. The number of hydrogen-bond acceptors (Lipinski definition) is 4. The third-order valence-electron chi connectivity index (χ3n) is 2.98. The molecular weight excluding hydrogens is 285 g/mol. The van der Waals surface area contributed by atoms with Crippen molar-refractivity contribution >= 4 is 10.9 Å². The first-order chi connectivity index (χ1) is 9.91. The van der Waals surface area contributed by atoms with Gasteiger partial charge in [-0.1, -0.05) is 18.2 Å². The van der Waals surface area contributed by atoms with E-state index in [1.807, 2.05) is 18.2 Å². The van der Waals surface area contributed by atoms with E-state index < -0.39 is 18.8 Å². The maximum atomic E-state index is 12.2. The second-order valence-corrected chi connectivity index (χ2v) is 4.52. The van der Waals surface area contributed by atoms with Gasteiger partial charge in [0.05, 0.1) is 12.8 Å². The number of methoxy groups -OCH3 is 1. The summed E-state index contributed by atoms with van der Waals surface area (Å²) in [6.07, 6.45) is -7.00. The molecule has 2 N–H and O–H groups in total. The van der Waals surface area contributed by atoms with Crippen LogP contribution < -0.4 is 10.1 Å². The van der Waals surface area contributed by atoms with E-state index in [9.17, 15) is 13.2 Å². The fourth-order valence-electron chi connectivity index (χ4n) is 1.88. The van der Waals surface area contributed by atoms with Crippen molar-refractivity contribution < 1.29 is 23.0 Å². The third kappa shape index (κ3) is 3.83. The topological polar surface area (TPSA) is 54.4 Å². The fourth-order valence-corrected chi connectivity index (χ4v) is 1.88. The zero-order chi connectivity index (χ0) is 15.5. The highest BCUT2D eigenvalue weighted by atomic mass is 19.4. The fraction of sp³-hybridized carbons (Fsp3) is 0.357. The number of benzene rings is 1. The summed E-state index contributed by atoms with van der Waals surface area (Å²) in [6.45, 7) is -0.448. The molecule has 0 aliphatic heterocycles. The molecule has 0 saturated heterocycles. The van der Waals surface area contributed by atoms with E-state index in [4.69, 9.17) is 9.84 Å². The number of hydrogen-bond donors (Lipinski definition) is 2. The first kappa shape index (κ1) is 15.5. The Morgan fingerprint density at radius 1 is 1.29 bits per heavy atom. The Morgan fingerprint density at radius 3 is 2.71 bits per heavy atom. The van der Waals surface area contributed by atoms with Crippen molar-refractivity contribution in [3.05, 3.63) is 36.0 Å². The molecule has 0 radical (unpaired) electrons. The lowest BCUT2D eigenvalue weighted by molar-refractivity contribution is -0.201. The summed E-state index contributed by atoms with van der Waals surface area (Å²) in [7, 11) is 1.53. The molecule has 0 amide bonds. The minimum absolute atomic E-state index is 0.126. The van der Waals surface area contributed by atoms with Crippen molar-refractivity contribution in [1.82, 2.24) is 10.3 Å². The first-order valence-electron chi connectivity index (χ1n) is 6.30. The van der Waals surface area contributed by atoms with Crippen LogP contribution in [0.2, 0.25) is 0 Å². The van der Waals surface area contributed by atoms with Crippen LogP contribution in [-0.2, 0) is 6.54 Å². The lowest BCUT2D eigenvalue weighted by Crippen LogP contribution is -2.38. The quantitative estimate of drug-likeness (QED) is 0.889. The summed E-state index contributed by atoms with van der Waals surface area (Å²) in [4.78, 5) is 4.35. The van der Waals surface area contributed by atoms with Crippen LogP contribution in [0.25, 0.3) is 10.9 Å². The van der Waals surface area contributed by atoms with Crippen LogP contribution >= 0.6 is 0 Å². The monoisotopic (exact) mass is 300 g/mol. The van der Waals surface area contributed by atoms with Crippen LogP contribution in [0.5, 0.6) is 5.75 Å². The number of alkyl halides is 3. The molecule has 1 heterocycles. The van der Waals surface area contributed by atoms with E-state index >= 15 is 0 Å². The minimum Gasteiger partial charge on any atom is -0.494 e. The summed E-state index contributed by atoms with van der Waals surface area (Å²) < 4.78 is 41.7. The molecule has 1 aromatic carbocycles. The summed E-state index contributed by atoms with van der Waals surface area (Å²) in [5, 5.41) is 12.3. The van der Waals surface area contributed by atoms with Gasteiger partial charge < -0.3 is 15.2 Å². The van der Waals surface area contributed by atoms with E-state index in [1.54, 1.807) is 12.1 Å². The predicted molar refractivity (Wildman–Crippen MR) is 72.1 cm³/mol. The van der Waals surface area contributed by atoms with E-state index in [1.165, 1.54) is 7.11 Å². The number of rotatable bonds is 5. The Labute approximate surface area is 119 Å². The molecule has 0 aliphatic carbocycles. The van der Waals surface area contributed by atoms with Gasteiger partial charge in [-0.15, -0.1) is 0 Å². The molecule has 2 aromatic rings. The van der Waals surface area contributed by atoms with Gasteiger partial charge in [-0.05, 0) is 12.1 Å². The average molecular weight is 300 g/mol. The molecule has 0 aliphatic rings. The largest absolute Gasteiger partial charge is 0.494 e. The minimum atomic E-state index is -4.62. The molecule has 0 bridgehead atoms. The Hall–Kier alpha value is -1.86. The number of aliphatic hydroxyl groups excluding tert-OH is 1. The summed E-state index contributed by atoms with van der Waals surface area (Å²) in [5.74, 6) is 0.602. The molecule has 4 nitrogen and oxygen atoms in total. The van der Waals surface area contributed by atoms with Gasteiger partial charge in [0.25, 0.3) is 0 Å². The Morgan fingerprint density at radius 2 is 2.05 bits per heavy atom. The number of nitrogens with one attached hydrogen (secondary N) is 1. The molecule has 0 saturated carbocycles. The molecule has 1 aromatic heterocycles. The molecule has 0 fully saturated rings. The number of para-hydroxylation sites is 1.